The molecule has 58 valence electrons. The molecular weight excluding hydrogens is 126 g/mol. The van der Waals surface area contributed by atoms with Crippen LogP contribution in [0.15, 0.2) is 0 Å². The Kier molecular flexibility index (Phi) is 1.46. The second-order valence-electron chi connectivity index (χ2n) is 3.67. The maximum absolute atomic E-state index is 9.19. The Morgan fingerprint density at radius 2 is 2.40 bits per heavy atom. The van der Waals surface area contributed by atoms with Crippen molar-refractivity contribution in [2.45, 2.75) is 31.7 Å². The minimum Gasteiger partial charge on any atom is -0.396 e. The normalized spacial score (nSPS) is 45.9. The van der Waals surface area contributed by atoms with Crippen LogP contribution in [-0.2, 0) is 0 Å². The van der Waals surface area contributed by atoms with E-state index < -0.39 is 0 Å². The average molecular weight is 141 g/mol. The predicted molar refractivity (Wildman–Crippen MR) is 39.8 cm³/mol. The highest BCUT2D eigenvalue weighted by Gasteiger charge is 2.45. The van der Waals surface area contributed by atoms with Crippen molar-refractivity contribution < 1.29 is 5.11 Å². The van der Waals surface area contributed by atoms with Crippen LogP contribution in [0.2, 0.25) is 0 Å². The molecule has 1 saturated heterocycles. The van der Waals surface area contributed by atoms with Crippen LogP contribution in [0, 0.1) is 5.41 Å². The van der Waals surface area contributed by atoms with Crippen molar-refractivity contribution in [2.75, 3.05) is 13.2 Å². The summed E-state index contributed by atoms with van der Waals surface area (Å²) in [6.45, 7) is 1.51. The van der Waals surface area contributed by atoms with Gasteiger partial charge in [0, 0.05) is 11.5 Å². The maximum atomic E-state index is 9.19. The number of aliphatic hydroxyl groups is 1. The van der Waals surface area contributed by atoms with Crippen LogP contribution in [0.5, 0.6) is 0 Å². The molecule has 1 aliphatic heterocycles. The standard InChI is InChI=1S/C8H15NO/c10-6-8-3-1-2-7(8)9-5-4-8/h7,9-10H,1-6H2. The molecule has 0 aromatic carbocycles. The number of nitrogens with one attached hydrogen (secondary N) is 1. The average Bonchev–Trinajstić information content (AvgIpc) is 2.42. The Labute approximate surface area is 61.6 Å². The summed E-state index contributed by atoms with van der Waals surface area (Å²) >= 11 is 0. The van der Waals surface area contributed by atoms with E-state index in [4.69, 9.17) is 0 Å². The van der Waals surface area contributed by atoms with Gasteiger partial charge in [-0.1, -0.05) is 6.42 Å². The molecule has 0 amide bonds. The van der Waals surface area contributed by atoms with Gasteiger partial charge in [-0.2, -0.15) is 0 Å². The molecule has 2 heteroatoms. The second-order valence-corrected chi connectivity index (χ2v) is 3.67. The summed E-state index contributed by atoms with van der Waals surface area (Å²) in [5.74, 6) is 0. The van der Waals surface area contributed by atoms with Gasteiger partial charge in [0.1, 0.15) is 0 Å². The van der Waals surface area contributed by atoms with Crippen molar-refractivity contribution in [3.05, 3.63) is 0 Å². The SMILES string of the molecule is OCC12CCCC1NCC2. The molecular formula is C8H15NO. The molecule has 2 aliphatic rings. The molecule has 0 aromatic rings. The highest BCUT2D eigenvalue weighted by atomic mass is 16.3. The van der Waals surface area contributed by atoms with E-state index in [9.17, 15) is 5.11 Å². The molecule has 1 aliphatic carbocycles. The highest BCUT2D eigenvalue weighted by Crippen LogP contribution is 2.43. The van der Waals surface area contributed by atoms with E-state index in [0.29, 0.717) is 18.1 Å². The summed E-state index contributed by atoms with van der Waals surface area (Å²) in [6, 6.07) is 0.637. The summed E-state index contributed by atoms with van der Waals surface area (Å²) in [4.78, 5) is 0. The number of hydrogen-bond donors (Lipinski definition) is 2. The quantitative estimate of drug-likeness (QED) is 0.557. The summed E-state index contributed by atoms with van der Waals surface area (Å²) < 4.78 is 0. The molecule has 2 rings (SSSR count). The van der Waals surface area contributed by atoms with Gasteiger partial charge in [-0.15, -0.1) is 0 Å². The fourth-order valence-corrected chi connectivity index (χ4v) is 2.52. The van der Waals surface area contributed by atoms with E-state index in [1.54, 1.807) is 0 Å². The zero-order valence-corrected chi connectivity index (χ0v) is 6.27. The Morgan fingerprint density at radius 3 is 3.10 bits per heavy atom. The first-order valence-electron chi connectivity index (χ1n) is 4.22. The van der Waals surface area contributed by atoms with E-state index in [0.717, 1.165) is 6.54 Å². The molecule has 2 fully saturated rings. The fraction of sp³-hybridized carbons (Fsp3) is 1.00. The first-order chi connectivity index (χ1) is 4.87. The minimum atomic E-state index is 0.292. The third kappa shape index (κ3) is 0.722. The summed E-state index contributed by atoms with van der Waals surface area (Å²) in [6.07, 6.45) is 5.01. The number of aliphatic hydroxyl groups excluding tert-OH is 1. The lowest BCUT2D eigenvalue weighted by atomic mass is 9.84. The number of hydrogen-bond acceptors (Lipinski definition) is 2. The van der Waals surface area contributed by atoms with E-state index >= 15 is 0 Å². The molecule has 0 radical (unpaired) electrons. The van der Waals surface area contributed by atoms with Crippen LogP contribution in [0.3, 0.4) is 0 Å². The molecule has 2 atom stereocenters. The molecule has 1 saturated carbocycles. The molecule has 2 nitrogen and oxygen atoms in total. The molecule has 2 N–H and O–H groups in total. The van der Waals surface area contributed by atoms with Crippen LogP contribution < -0.4 is 5.32 Å². The predicted octanol–water partition coefficient (Wildman–Crippen LogP) is 0.511. The van der Waals surface area contributed by atoms with Gasteiger partial charge in [0.15, 0.2) is 0 Å². The van der Waals surface area contributed by atoms with Gasteiger partial charge < -0.3 is 10.4 Å². The van der Waals surface area contributed by atoms with Crippen LogP contribution in [-0.4, -0.2) is 24.3 Å². The zero-order chi connectivity index (χ0) is 7.03. The Morgan fingerprint density at radius 1 is 1.50 bits per heavy atom. The zero-order valence-electron chi connectivity index (χ0n) is 6.27. The minimum absolute atomic E-state index is 0.292. The van der Waals surface area contributed by atoms with Crippen molar-refractivity contribution in [2.24, 2.45) is 5.41 Å². The van der Waals surface area contributed by atoms with Gasteiger partial charge in [-0.3, -0.25) is 0 Å². The van der Waals surface area contributed by atoms with Gasteiger partial charge in [0.2, 0.25) is 0 Å². The molecule has 0 bridgehead atoms. The van der Waals surface area contributed by atoms with Gasteiger partial charge in [0.25, 0.3) is 0 Å². The van der Waals surface area contributed by atoms with E-state index in [1.807, 2.05) is 0 Å². The highest BCUT2D eigenvalue weighted by molar-refractivity contribution is 5.00. The first kappa shape index (κ1) is 6.62. The fourth-order valence-electron chi connectivity index (χ4n) is 2.52. The van der Waals surface area contributed by atoms with Gasteiger partial charge >= 0.3 is 0 Å². The lowest BCUT2D eigenvalue weighted by molar-refractivity contribution is 0.128. The van der Waals surface area contributed by atoms with Gasteiger partial charge in [0.05, 0.1) is 6.61 Å². The van der Waals surface area contributed by atoms with Crippen molar-refractivity contribution in [3.8, 4) is 0 Å². The molecule has 0 aromatic heterocycles. The van der Waals surface area contributed by atoms with Crippen LogP contribution >= 0.6 is 0 Å². The van der Waals surface area contributed by atoms with E-state index in [2.05, 4.69) is 5.32 Å². The lowest BCUT2D eigenvalue weighted by Gasteiger charge is -2.25. The van der Waals surface area contributed by atoms with Crippen molar-refractivity contribution in [1.82, 2.24) is 5.32 Å². The smallest absolute Gasteiger partial charge is 0.0502 e. The van der Waals surface area contributed by atoms with E-state index in [1.165, 1.54) is 25.7 Å². The monoisotopic (exact) mass is 141 g/mol. The van der Waals surface area contributed by atoms with Crippen LogP contribution in [0.25, 0.3) is 0 Å². The van der Waals surface area contributed by atoms with Crippen molar-refractivity contribution >= 4 is 0 Å². The maximum Gasteiger partial charge on any atom is 0.0502 e. The summed E-state index contributed by atoms with van der Waals surface area (Å²) in [5.41, 5.74) is 0.292. The number of rotatable bonds is 1. The first-order valence-corrected chi connectivity index (χ1v) is 4.22. The summed E-state index contributed by atoms with van der Waals surface area (Å²) in [7, 11) is 0. The van der Waals surface area contributed by atoms with Crippen molar-refractivity contribution in [1.29, 1.82) is 0 Å². The second kappa shape index (κ2) is 2.21. The number of fused-ring (bicyclic) bond motifs is 1. The molecule has 0 spiro atoms. The molecule has 2 unspecified atom stereocenters. The van der Waals surface area contributed by atoms with Crippen LogP contribution in [0.4, 0.5) is 0 Å². The third-order valence-corrected chi connectivity index (χ3v) is 3.24. The van der Waals surface area contributed by atoms with Crippen molar-refractivity contribution in [3.63, 3.8) is 0 Å². The topological polar surface area (TPSA) is 32.3 Å². The Bertz CT molecular complexity index is 125. The van der Waals surface area contributed by atoms with E-state index in [-0.39, 0.29) is 0 Å². The van der Waals surface area contributed by atoms with Gasteiger partial charge in [-0.05, 0) is 25.8 Å². The summed E-state index contributed by atoms with van der Waals surface area (Å²) in [5, 5.41) is 12.6. The largest absolute Gasteiger partial charge is 0.396 e. The Balaban J connectivity index is 2.15. The third-order valence-electron chi connectivity index (χ3n) is 3.24. The molecule has 10 heavy (non-hydrogen) atoms. The Hall–Kier alpha value is -0.0800. The van der Waals surface area contributed by atoms with Gasteiger partial charge in [-0.25, -0.2) is 0 Å². The molecule has 1 heterocycles. The lowest BCUT2D eigenvalue weighted by Crippen LogP contribution is -2.34. The van der Waals surface area contributed by atoms with Crippen LogP contribution in [0.1, 0.15) is 25.7 Å².